The number of likely N-dealkylation sites (tertiary alicyclic amines) is 2. The highest BCUT2D eigenvalue weighted by atomic mass is 16.3. The number of hydrogen-bond acceptors (Lipinski definition) is 7. The van der Waals surface area contributed by atoms with Crippen LogP contribution in [-0.2, 0) is 24.0 Å². The highest BCUT2D eigenvalue weighted by molar-refractivity contribution is 6.41. The van der Waals surface area contributed by atoms with Gasteiger partial charge in [-0.25, -0.2) is 4.79 Å². The normalized spacial score (nSPS) is 29.8. The summed E-state index contributed by atoms with van der Waals surface area (Å²) in [7, 11) is 0. The summed E-state index contributed by atoms with van der Waals surface area (Å²) in [6.45, 7) is 19.4. The summed E-state index contributed by atoms with van der Waals surface area (Å²) in [6, 6.07) is -3.14. The SMILES string of the molecule is C=C[C@@H]1C[C@@H](C(=O)NC2(C(=O)C(=O)NC3CC3)CC2CC2CC2)N(C(=O)[C@@H](NC(=O)N[C@H](CN2C(=O)CC(C)(C)CC2O)C(C)(C)C)C(C)(C)C)C1. The van der Waals surface area contributed by atoms with Gasteiger partial charge in [0.25, 0.3) is 5.91 Å². The minimum atomic E-state index is -1.28. The predicted octanol–water partition coefficient (Wildman–Crippen LogP) is 3.01. The molecule has 6 amide bonds. The molecule has 3 saturated carbocycles. The van der Waals surface area contributed by atoms with E-state index in [9.17, 15) is 33.9 Å². The summed E-state index contributed by atoms with van der Waals surface area (Å²) in [5, 5.41) is 22.5. The zero-order chi connectivity index (χ0) is 38.6. The smallest absolute Gasteiger partial charge is 0.315 e. The van der Waals surface area contributed by atoms with Gasteiger partial charge in [0.1, 0.15) is 23.9 Å². The molecule has 5 rings (SSSR count). The van der Waals surface area contributed by atoms with Crippen molar-refractivity contribution >= 4 is 35.4 Å². The summed E-state index contributed by atoms with van der Waals surface area (Å²) in [4.78, 5) is 84.8. The molecule has 3 aliphatic carbocycles. The molecule has 52 heavy (non-hydrogen) atoms. The molecular weight excluding hydrogens is 664 g/mol. The third-order valence-electron chi connectivity index (χ3n) is 11.7. The average molecular weight is 727 g/mol. The first-order valence-electron chi connectivity index (χ1n) is 19.2. The standard InChI is InChI=1S/C39H62N6O7/c1-10-22-16-26(32(49)43-39(17-24(39)15-23-11-12-23)31(48)33(50)40-25-13-14-25)44(20-22)34(51)30(37(5,6)7)42-35(52)41-27(36(2,3)4)21-45-28(46)18-38(8,9)19-29(45)47/h10,22-28,30,46H,1,11-21H2,2-9H3,(H,40,50)(H,43,49)(H2,41,42,52)/t22-,24?,26+,27-,28?,30-,39?/m1/s1. The first-order valence-corrected chi connectivity index (χ1v) is 19.2. The average Bonchev–Trinajstić information content (AvgIpc) is 3.97. The van der Waals surface area contributed by atoms with Crippen LogP contribution in [0.15, 0.2) is 12.7 Å². The van der Waals surface area contributed by atoms with E-state index in [1.54, 1.807) is 6.08 Å². The van der Waals surface area contributed by atoms with Gasteiger partial charge < -0.3 is 36.2 Å². The maximum Gasteiger partial charge on any atom is 0.315 e. The summed E-state index contributed by atoms with van der Waals surface area (Å²) < 4.78 is 0. The number of rotatable bonds is 13. The Hall–Kier alpha value is -3.48. The van der Waals surface area contributed by atoms with E-state index >= 15 is 0 Å². The van der Waals surface area contributed by atoms with E-state index in [2.05, 4.69) is 27.8 Å². The Bertz CT molecular complexity index is 1460. The third kappa shape index (κ3) is 9.17. The Labute approximate surface area is 308 Å². The number of carbonyl (C=O) groups is 6. The lowest BCUT2D eigenvalue weighted by molar-refractivity contribution is -0.155. The number of nitrogens with zero attached hydrogens (tertiary/aromatic N) is 2. The monoisotopic (exact) mass is 726 g/mol. The van der Waals surface area contributed by atoms with Gasteiger partial charge in [-0.15, -0.1) is 6.58 Å². The van der Waals surface area contributed by atoms with Crippen molar-refractivity contribution in [2.24, 2.45) is 34.0 Å². The second kappa shape index (κ2) is 14.4. The number of aliphatic hydroxyl groups excluding tert-OH is 1. The second-order valence-corrected chi connectivity index (χ2v) is 19.3. The largest absolute Gasteiger partial charge is 0.374 e. The molecule has 0 radical (unpaired) electrons. The molecule has 290 valence electrons. The molecule has 2 aliphatic heterocycles. The number of urea groups is 1. The Kier molecular flexibility index (Phi) is 11.0. The summed E-state index contributed by atoms with van der Waals surface area (Å²) in [5.41, 5.74) is -2.89. The fraction of sp³-hybridized carbons (Fsp3) is 0.795. The fourth-order valence-corrected chi connectivity index (χ4v) is 7.83. The van der Waals surface area contributed by atoms with Crippen LogP contribution in [0.3, 0.4) is 0 Å². The lowest BCUT2D eigenvalue weighted by atomic mass is 9.80. The topological polar surface area (TPSA) is 177 Å². The van der Waals surface area contributed by atoms with Gasteiger partial charge in [0.15, 0.2) is 0 Å². The van der Waals surface area contributed by atoms with Gasteiger partial charge in [0.2, 0.25) is 23.5 Å². The number of amides is 6. The quantitative estimate of drug-likeness (QED) is 0.143. The van der Waals surface area contributed by atoms with Crippen molar-refractivity contribution in [1.82, 2.24) is 31.1 Å². The third-order valence-corrected chi connectivity index (χ3v) is 11.7. The number of hydrogen-bond donors (Lipinski definition) is 5. The van der Waals surface area contributed by atoms with E-state index in [0.717, 1.165) is 32.1 Å². The molecule has 5 fully saturated rings. The van der Waals surface area contributed by atoms with E-state index in [0.29, 0.717) is 25.2 Å². The Balaban J connectivity index is 1.30. The van der Waals surface area contributed by atoms with Crippen molar-refractivity contribution in [3.8, 4) is 0 Å². The second-order valence-electron chi connectivity index (χ2n) is 19.3. The fourth-order valence-electron chi connectivity index (χ4n) is 7.83. The lowest BCUT2D eigenvalue weighted by Gasteiger charge is -2.44. The van der Waals surface area contributed by atoms with Crippen molar-refractivity contribution < 1.29 is 33.9 Å². The minimum absolute atomic E-state index is 0.00472. The van der Waals surface area contributed by atoms with E-state index in [1.807, 2.05) is 55.4 Å². The zero-order valence-corrected chi connectivity index (χ0v) is 32.5. The van der Waals surface area contributed by atoms with Gasteiger partial charge in [-0.3, -0.25) is 24.0 Å². The van der Waals surface area contributed by atoms with Crippen LogP contribution in [-0.4, -0.2) is 99.4 Å². The van der Waals surface area contributed by atoms with Crippen molar-refractivity contribution in [2.75, 3.05) is 13.1 Å². The summed E-state index contributed by atoms with van der Waals surface area (Å²) >= 11 is 0. The molecule has 0 aromatic carbocycles. The van der Waals surface area contributed by atoms with Crippen molar-refractivity contribution in [2.45, 2.75) is 149 Å². The number of ketones is 1. The van der Waals surface area contributed by atoms with Crippen LogP contribution in [0.25, 0.3) is 0 Å². The van der Waals surface area contributed by atoms with Crippen LogP contribution in [0.2, 0.25) is 0 Å². The van der Waals surface area contributed by atoms with Gasteiger partial charge in [-0.05, 0) is 72.5 Å². The highest BCUT2D eigenvalue weighted by Crippen LogP contribution is 2.52. The van der Waals surface area contributed by atoms with Gasteiger partial charge in [0, 0.05) is 25.6 Å². The van der Waals surface area contributed by atoms with Gasteiger partial charge in [-0.1, -0.05) is 74.3 Å². The van der Waals surface area contributed by atoms with E-state index in [-0.39, 0.29) is 48.7 Å². The number of nitrogens with one attached hydrogen (secondary N) is 4. The molecule has 0 spiro atoms. The van der Waals surface area contributed by atoms with E-state index in [4.69, 9.17) is 0 Å². The minimum Gasteiger partial charge on any atom is -0.374 e. The molecule has 0 aromatic rings. The predicted molar refractivity (Wildman–Crippen MR) is 195 cm³/mol. The lowest BCUT2D eigenvalue weighted by Crippen LogP contribution is -2.63. The number of carbonyl (C=O) groups excluding carboxylic acids is 6. The van der Waals surface area contributed by atoms with Crippen molar-refractivity contribution in [3.63, 3.8) is 0 Å². The molecule has 13 heteroatoms. The Morgan fingerprint density at radius 1 is 0.981 bits per heavy atom. The molecule has 0 bridgehead atoms. The van der Waals surface area contributed by atoms with Gasteiger partial charge >= 0.3 is 6.03 Å². The maximum absolute atomic E-state index is 14.5. The molecule has 2 heterocycles. The van der Waals surface area contributed by atoms with E-state index < -0.39 is 70.3 Å². The molecule has 7 atom stereocenters. The molecule has 13 nitrogen and oxygen atoms in total. The molecule has 5 aliphatic rings. The van der Waals surface area contributed by atoms with Crippen LogP contribution in [0, 0.1) is 34.0 Å². The number of aliphatic hydroxyl groups is 1. The molecule has 2 saturated heterocycles. The maximum atomic E-state index is 14.5. The zero-order valence-electron chi connectivity index (χ0n) is 32.5. The van der Waals surface area contributed by atoms with Crippen molar-refractivity contribution in [3.05, 3.63) is 12.7 Å². The van der Waals surface area contributed by atoms with Gasteiger partial charge in [0.05, 0.1) is 6.04 Å². The first kappa shape index (κ1) is 39.7. The summed E-state index contributed by atoms with van der Waals surface area (Å²) in [5.74, 6) is -2.21. The number of Topliss-reactive ketones (excluding diaryl/α,β-unsaturated/α-hetero) is 1. The van der Waals surface area contributed by atoms with E-state index in [1.165, 1.54) is 9.80 Å². The van der Waals surface area contributed by atoms with Crippen LogP contribution >= 0.6 is 0 Å². The van der Waals surface area contributed by atoms with Crippen LogP contribution < -0.4 is 21.3 Å². The van der Waals surface area contributed by atoms with Gasteiger partial charge in [-0.2, -0.15) is 0 Å². The Morgan fingerprint density at radius 3 is 2.17 bits per heavy atom. The molecule has 0 aromatic heterocycles. The molecular formula is C39H62N6O7. The van der Waals surface area contributed by atoms with Crippen LogP contribution in [0.4, 0.5) is 4.79 Å². The summed E-state index contributed by atoms with van der Waals surface area (Å²) in [6.07, 6.45) is 6.74. The Morgan fingerprint density at radius 2 is 1.63 bits per heavy atom. The van der Waals surface area contributed by atoms with Crippen LogP contribution in [0.1, 0.15) is 113 Å². The number of piperidine rings is 1. The molecule has 5 N–H and O–H groups in total. The van der Waals surface area contributed by atoms with Crippen molar-refractivity contribution in [1.29, 1.82) is 0 Å². The molecule has 3 unspecified atom stereocenters. The van der Waals surface area contributed by atoms with Crippen LogP contribution in [0.5, 0.6) is 0 Å². The highest BCUT2D eigenvalue weighted by Gasteiger charge is 2.64. The first-order chi connectivity index (χ1) is 24.0.